The Bertz CT molecular complexity index is 451. The second-order valence-corrected chi connectivity index (χ2v) is 2.96. The second-order valence-electron chi connectivity index (χ2n) is 2.96. The van der Waals surface area contributed by atoms with E-state index in [1.54, 1.807) is 0 Å². The van der Waals surface area contributed by atoms with E-state index >= 15 is 0 Å². The summed E-state index contributed by atoms with van der Waals surface area (Å²) in [5, 5.41) is 2.33. The molecule has 0 unspecified atom stereocenters. The number of hydrogen-bond donors (Lipinski definition) is 1. The first-order valence-electron chi connectivity index (χ1n) is 4.38. The minimum Gasteiger partial charge on any atom is -0.345 e. The zero-order valence-electron chi connectivity index (χ0n) is 8.40. The van der Waals surface area contributed by atoms with Crippen molar-refractivity contribution in [1.29, 1.82) is 0 Å². The van der Waals surface area contributed by atoms with Gasteiger partial charge in [-0.2, -0.15) is 0 Å². The molecule has 84 valence electrons. The predicted molar refractivity (Wildman–Crippen MR) is 51.9 cm³/mol. The highest BCUT2D eigenvalue weighted by molar-refractivity contribution is 5.73. The second kappa shape index (κ2) is 5.21. The predicted octanol–water partition coefficient (Wildman–Crippen LogP) is 1.59. The molecule has 0 aliphatic rings. The standard InChI is InChI=1S/C11H8F3NO/c1-7(16)15-4-2-3-9-10(13)5-8(12)6-11(9)14/h5-6H,4H2,1H3,(H,15,16). The Hall–Kier alpha value is -1.96. The van der Waals surface area contributed by atoms with Crippen molar-refractivity contribution in [3.63, 3.8) is 0 Å². The Labute approximate surface area is 90.5 Å². The van der Waals surface area contributed by atoms with Crippen LogP contribution in [0.25, 0.3) is 0 Å². The van der Waals surface area contributed by atoms with Gasteiger partial charge in [0.1, 0.15) is 17.5 Å². The Balaban J connectivity index is 2.84. The SMILES string of the molecule is CC(=O)NCC#Cc1c(F)cc(F)cc1F. The third kappa shape index (κ3) is 3.31. The molecule has 1 N–H and O–H groups in total. The minimum atomic E-state index is -1.06. The van der Waals surface area contributed by atoms with Gasteiger partial charge in [-0.05, 0) is 0 Å². The van der Waals surface area contributed by atoms with Crippen molar-refractivity contribution in [1.82, 2.24) is 5.32 Å². The number of benzene rings is 1. The van der Waals surface area contributed by atoms with Gasteiger partial charge in [-0.1, -0.05) is 11.8 Å². The molecule has 0 radical (unpaired) electrons. The maximum atomic E-state index is 13.0. The van der Waals surface area contributed by atoms with Crippen LogP contribution in [0, 0.1) is 29.3 Å². The lowest BCUT2D eigenvalue weighted by molar-refractivity contribution is -0.118. The quantitative estimate of drug-likeness (QED) is 0.725. The van der Waals surface area contributed by atoms with Gasteiger partial charge in [0.2, 0.25) is 5.91 Å². The van der Waals surface area contributed by atoms with Crippen molar-refractivity contribution < 1.29 is 18.0 Å². The van der Waals surface area contributed by atoms with Crippen molar-refractivity contribution in [2.45, 2.75) is 6.92 Å². The molecule has 0 aliphatic heterocycles. The molecule has 0 atom stereocenters. The molecule has 1 amide bonds. The molecule has 0 aromatic heterocycles. The van der Waals surface area contributed by atoms with Crippen molar-refractivity contribution in [3.05, 3.63) is 35.1 Å². The molecule has 0 aliphatic carbocycles. The zero-order valence-corrected chi connectivity index (χ0v) is 8.40. The molecule has 1 aromatic rings. The van der Waals surface area contributed by atoms with E-state index in [9.17, 15) is 18.0 Å². The summed E-state index contributed by atoms with van der Waals surface area (Å²) in [6.45, 7) is 1.27. The van der Waals surface area contributed by atoms with Crippen LogP contribution in [-0.2, 0) is 4.79 Å². The van der Waals surface area contributed by atoms with Crippen molar-refractivity contribution in [2.75, 3.05) is 6.54 Å². The third-order valence-corrected chi connectivity index (χ3v) is 1.65. The number of rotatable bonds is 1. The maximum Gasteiger partial charge on any atom is 0.217 e. The Morgan fingerprint density at radius 1 is 1.31 bits per heavy atom. The van der Waals surface area contributed by atoms with E-state index in [1.165, 1.54) is 6.92 Å². The summed E-state index contributed by atoms with van der Waals surface area (Å²) in [6, 6.07) is 1.09. The van der Waals surface area contributed by atoms with Gasteiger partial charge in [0.25, 0.3) is 0 Å². The fourth-order valence-corrected chi connectivity index (χ4v) is 0.963. The van der Waals surface area contributed by atoms with Gasteiger partial charge in [0, 0.05) is 19.1 Å². The van der Waals surface area contributed by atoms with E-state index in [0.717, 1.165) is 0 Å². The molecule has 0 saturated carbocycles. The largest absolute Gasteiger partial charge is 0.345 e. The molecule has 0 saturated heterocycles. The van der Waals surface area contributed by atoms with E-state index in [2.05, 4.69) is 17.2 Å². The molecule has 0 spiro atoms. The Morgan fingerprint density at radius 3 is 2.38 bits per heavy atom. The molecular formula is C11H8F3NO. The molecular weight excluding hydrogens is 219 g/mol. The summed E-state index contributed by atoms with van der Waals surface area (Å²) in [5.74, 6) is 1.11. The van der Waals surface area contributed by atoms with Crippen LogP contribution < -0.4 is 5.32 Å². The minimum absolute atomic E-state index is 0.0222. The number of halogens is 3. The highest BCUT2D eigenvalue weighted by Gasteiger charge is 2.08. The fourth-order valence-electron chi connectivity index (χ4n) is 0.963. The lowest BCUT2D eigenvalue weighted by Crippen LogP contribution is -2.19. The van der Waals surface area contributed by atoms with Crippen LogP contribution in [0.5, 0.6) is 0 Å². The summed E-state index contributed by atoms with van der Waals surface area (Å²) in [7, 11) is 0. The molecule has 5 heteroatoms. The van der Waals surface area contributed by atoms with Crippen LogP contribution in [0.1, 0.15) is 12.5 Å². The average Bonchev–Trinajstić information content (AvgIpc) is 2.14. The summed E-state index contributed by atoms with van der Waals surface area (Å²) in [6.07, 6.45) is 0. The van der Waals surface area contributed by atoms with Crippen LogP contribution in [0.4, 0.5) is 13.2 Å². The third-order valence-electron chi connectivity index (χ3n) is 1.65. The van der Waals surface area contributed by atoms with E-state index in [1.807, 2.05) is 0 Å². The monoisotopic (exact) mass is 227 g/mol. The molecule has 1 rings (SSSR count). The fraction of sp³-hybridized carbons (Fsp3) is 0.182. The summed E-state index contributed by atoms with van der Waals surface area (Å²) < 4.78 is 38.6. The number of amides is 1. The van der Waals surface area contributed by atoms with Crippen LogP contribution in [0.15, 0.2) is 12.1 Å². The lowest BCUT2D eigenvalue weighted by Gasteiger charge is -1.97. The summed E-state index contributed by atoms with van der Waals surface area (Å²) >= 11 is 0. The van der Waals surface area contributed by atoms with E-state index in [4.69, 9.17) is 0 Å². The number of carbonyl (C=O) groups is 1. The molecule has 0 fully saturated rings. The van der Waals surface area contributed by atoms with Gasteiger partial charge in [0.05, 0.1) is 12.1 Å². The smallest absolute Gasteiger partial charge is 0.217 e. The molecule has 16 heavy (non-hydrogen) atoms. The Kier molecular flexibility index (Phi) is 3.95. The van der Waals surface area contributed by atoms with Gasteiger partial charge >= 0.3 is 0 Å². The number of nitrogens with one attached hydrogen (secondary N) is 1. The highest BCUT2D eigenvalue weighted by Crippen LogP contribution is 2.12. The molecule has 0 heterocycles. The highest BCUT2D eigenvalue weighted by atomic mass is 19.1. The van der Waals surface area contributed by atoms with Crippen LogP contribution in [-0.4, -0.2) is 12.5 Å². The topological polar surface area (TPSA) is 29.1 Å². The lowest BCUT2D eigenvalue weighted by atomic mass is 10.2. The molecule has 1 aromatic carbocycles. The van der Waals surface area contributed by atoms with E-state index in [0.29, 0.717) is 12.1 Å². The van der Waals surface area contributed by atoms with Crippen LogP contribution in [0.2, 0.25) is 0 Å². The first-order valence-corrected chi connectivity index (χ1v) is 4.38. The van der Waals surface area contributed by atoms with Crippen LogP contribution >= 0.6 is 0 Å². The van der Waals surface area contributed by atoms with E-state index < -0.39 is 23.0 Å². The first kappa shape index (κ1) is 12.1. The summed E-state index contributed by atoms with van der Waals surface area (Å²) in [5.41, 5.74) is -0.508. The Morgan fingerprint density at radius 2 is 1.88 bits per heavy atom. The molecule has 0 bridgehead atoms. The van der Waals surface area contributed by atoms with Crippen LogP contribution in [0.3, 0.4) is 0 Å². The van der Waals surface area contributed by atoms with Crippen molar-refractivity contribution >= 4 is 5.91 Å². The zero-order chi connectivity index (χ0) is 12.1. The molecule has 2 nitrogen and oxygen atoms in total. The summed E-state index contributed by atoms with van der Waals surface area (Å²) in [4.78, 5) is 10.5. The maximum absolute atomic E-state index is 13.0. The number of hydrogen-bond acceptors (Lipinski definition) is 1. The van der Waals surface area contributed by atoms with E-state index in [-0.39, 0.29) is 12.5 Å². The van der Waals surface area contributed by atoms with Gasteiger partial charge < -0.3 is 5.32 Å². The number of carbonyl (C=O) groups excluding carboxylic acids is 1. The van der Waals surface area contributed by atoms with Gasteiger partial charge in [-0.3, -0.25) is 4.79 Å². The van der Waals surface area contributed by atoms with Gasteiger partial charge in [-0.25, -0.2) is 13.2 Å². The van der Waals surface area contributed by atoms with Crippen molar-refractivity contribution in [3.8, 4) is 11.8 Å². The normalized spacial score (nSPS) is 9.25. The van der Waals surface area contributed by atoms with Crippen molar-refractivity contribution in [2.24, 2.45) is 0 Å². The first-order chi connectivity index (χ1) is 7.50. The van der Waals surface area contributed by atoms with Gasteiger partial charge in [-0.15, -0.1) is 0 Å². The average molecular weight is 227 g/mol. The van der Waals surface area contributed by atoms with Gasteiger partial charge in [0.15, 0.2) is 0 Å².